The van der Waals surface area contributed by atoms with Crippen molar-refractivity contribution in [3.05, 3.63) is 23.8 Å². The van der Waals surface area contributed by atoms with Gasteiger partial charge in [-0.15, -0.1) is 0 Å². The molecule has 23 heavy (non-hydrogen) atoms. The van der Waals surface area contributed by atoms with Crippen molar-refractivity contribution in [1.29, 1.82) is 0 Å². The molecule has 1 fully saturated rings. The maximum Gasteiger partial charge on any atom is 0.303 e. The molecule has 2 rings (SSSR count). The first-order valence-electron chi connectivity index (χ1n) is 6.93. The highest BCUT2D eigenvalue weighted by Gasteiger charge is 2.35. The molecule has 9 heteroatoms. The van der Waals surface area contributed by atoms with Gasteiger partial charge in [-0.1, -0.05) is 0 Å². The van der Waals surface area contributed by atoms with Gasteiger partial charge in [-0.2, -0.15) is 0 Å². The van der Waals surface area contributed by atoms with Gasteiger partial charge in [0.15, 0.2) is 0 Å². The highest BCUT2D eigenvalue weighted by atomic mass is 32.2. The number of ether oxygens (including phenoxy) is 1. The fourth-order valence-corrected chi connectivity index (χ4v) is 4.06. The number of carbonyl (C=O) groups is 1. The summed E-state index contributed by atoms with van der Waals surface area (Å²) in [5, 5.41) is 8.66. The summed E-state index contributed by atoms with van der Waals surface area (Å²) in [7, 11) is -2.81. The number of rotatable bonds is 7. The Morgan fingerprint density at radius 3 is 2.61 bits per heavy atom. The number of benzene rings is 1. The maximum absolute atomic E-state index is 13.1. The number of nitrogens with one attached hydrogen (secondary N) is 1. The summed E-state index contributed by atoms with van der Waals surface area (Å²) in [6, 6.07) is 2.94. The van der Waals surface area contributed by atoms with Crippen molar-refractivity contribution >= 4 is 16.0 Å². The van der Waals surface area contributed by atoms with Crippen LogP contribution in [-0.4, -0.2) is 32.6 Å². The summed E-state index contributed by atoms with van der Waals surface area (Å²) in [5.74, 6) is -0.887. The van der Waals surface area contributed by atoms with E-state index in [4.69, 9.17) is 9.84 Å². The third kappa shape index (κ3) is 4.17. The Bertz CT molecular complexity index is 686. The van der Waals surface area contributed by atoms with Crippen LogP contribution in [0.15, 0.2) is 23.1 Å². The topological polar surface area (TPSA) is 92.7 Å². The van der Waals surface area contributed by atoms with Gasteiger partial charge in [-0.3, -0.25) is 4.79 Å². The molecule has 1 aromatic rings. The summed E-state index contributed by atoms with van der Waals surface area (Å²) >= 11 is 0. The zero-order valence-corrected chi connectivity index (χ0v) is 13.1. The molecule has 1 aromatic carbocycles. The van der Waals surface area contributed by atoms with Crippen LogP contribution >= 0.6 is 0 Å². The minimum Gasteiger partial charge on any atom is -0.497 e. The standard InChI is InChI=1S/C14H17F2NO5S/c1-22-10-2-3-12(11(7-10)14(15)16)23(20,21)17-9-4-8(5-9)6-13(18)19/h2-3,7-9,14,17H,4-6H2,1H3,(H,18,19). The Morgan fingerprint density at radius 1 is 1.43 bits per heavy atom. The lowest BCUT2D eigenvalue weighted by Gasteiger charge is -2.34. The third-order valence-corrected chi connectivity index (χ3v) is 5.36. The Balaban J connectivity index is 2.13. The van der Waals surface area contributed by atoms with Crippen molar-refractivity contribution in [3.63, 3.8) is 0 Å². The van der Waals surface area contributed by atoms with Gasteiger partial charge in [0, 0.05) is 18.0 Å². The SMILES string of the molecule is COc1ccc(S(=O)(=O)NC2CC(CC(=O)O)C2)c(C(F)F)c1. The second kappa shape index (κ2) is 6.79. The second-order valence-corrected chi connectivity index (χ2v) is 7.14. The van der Waals surface area contributed by atoms with Crippen LogP contribution in [0.5, 0.6) is 5.75 Å². The first-order chi connectivity index (χ1) is 10.7. The fraction of sp³-hybridized carbons (Fsp3) is 0.500. The van der Waals surface area contributed by atoms with Crippen LogP contribution in [0.3, 0.4) is 0 Å². The molecule has 0 bridgehead atoms. The predicted octanol–water partition coefficient (Wildman–Crippen LogP) is 2.16. The zero-order valence-electron chi connectivity index (χ0n) is 12.3. The molecule has 0 aliphatic heterocycles. The van der Waals surface area contributed by atoms with Crippen molar-refractivity contribution in [1.82, 2.24) is 4.72 Å². The second-order valence-electron chi connectivity index (χ2n) is 5.46. The quantitative estimate of drug-likeness (QED) is 0.787. The van der Waals surface area contributed by atoms with E-state index in [1.165, 1.54) is 13.2 Å². The molecule has 0 spiro atoms. The predicted molar refractivity (Wildman–Crippen MR) is 77.0 cm³/mol. The molecule has 1 saturated carbocycles. The van der Waals surface area contributed by atoms with Crippen LogP contribution in [0.1, 0.15) is 31.3 Å². The van der Waals surface area contributed by atoms with E-state index in [0.29, 0.717) is 12.8 Å². The molecule has 2 N–H and O–H groups in total. The lowest BCUT2D eigenvalue weighted by atomic mass is 9.79. The van der Waals surface area contributed by atoms with E-state index < -0.39 is 38.9 Å². The van der Waals surface area contributed by atoms with Crippen LogP contribution in [0.2, 0.25) is 0 Å². The molecule has 6 nitrogen and oxygen atoms in total. The number of carboxylic acid groups (broad SMARTS) is 1. The highest BCUT2D eigenvalue weighted by Crippen LogP contribution is 2.34. The molecular weight excluding hydrogens is 332 g/mol. The molecule has 0 aromatic heterocycles. The summed E-state index contributed by atoms with van der Waals surface area (Å²) in [6.45, 7) is 0. The molecule has 0 unspecified atom stereocenters. The number of hydrogen-bond acceptors (Lipinski definition) is 4. The van der Waals surface area contributed by atoms with E-state index in [-0.39, 0.29) is 18.1 Å². The Morgan fingerprint density at radius 2 is 2.09 bits per heavy atom. The summed E-state index contributed by atoms with van der Waals surface area (Å²) < 4.78 is 58.0. The molecular formula is C14H17F2NO5S. The van der Waals surface area contributed by atoms with E-state index in [2.05, 4.69) is 4.72 Å². The van der Waals surface area contributed by atoms with Gasteiger partial charge in [-0.05, 0) is 37.0 Å². The average molecular weight is 349 g/mol. The maximum atomic E-state index is 13.1. The van der Waals surface area contributed by atoms with E-state index in [1.807, 2.05) is 0 Å². The van der Waals surface area contributed by atoms with E-state index in [0.717, 1.165) is 12.1 Å². The minimum atomic E-state index is -4.11. The average Bonchev–Trinajstić information content (AvgIpc) is 2.43. The number of carboxylic acids is 1. The fourth-order valence-electron chi connectivity index (χ4n) is 2.60. The first-order valence-corrected chi connectivity index (χ1v) is 8.41. The van der Waals surface area contributed by atoms with Gasteiger partial charge in [0.05, 0.1) is 12.0 Å². The molecule has 0 radical (unpaired) electrons. The zero-order chi connectivity index (χ0) is 17.2. The van der Waals surface area contributed by atoms with Crippen molar-refractivity contribution in [2.24, 2.45) is 5.92 Å². The summed E-state index contributed by atoms with van der Waals surface area (Å²) in [4.78, 5) is 10.1. The Kier molecular flexibility index (Phi) is 5.20. The normalized spacial score (nSPS) is 21.0. The van der Waals surface area contributed by atoms with Crippen molar-refractivity contribution in [2.45, 2.75) is 36.6 Å². The van der Waals surface area contributed by atoms with Crippen LogP contribution in [0.25, 0.3) is 0 Å². The van der Waals surface area contributed by atoms with E-state index in [1.54, 1.807) is 0 Å². The van der Waals surface area contributed by atoms with Crippen molar-refractivity contribution in [2.75, 3.05) is 7.11 Å². The van der Waals surface area contributed by atoms with E-state index >= 15 is 0 Å². The Hall–Kier alpha value is -1.74. The third-order valence-electron chi connectivity index (χ3n) is 3.76. The number of alkyl halides is 2. The van der Waals surface area contributed by atoms with Crippen LogP contribution in [0.4, 0.5) is 8.78 Å². The summed E-state index contributed by atoms with van der Waals surface area (Å²) in [6.07, 6.45) is -2.22. The molecule has 0 amide bonds. The highest BCUT2D eigenvalue weighted by molar-refractivity contribution is 7.89. The van der Waals surface area contributed by atoms with Gasteiger partial charge < -0.3 is 9.84 Å². The molecule has 128 valence electrons. The number of sulfonamides is 1. The van der Waals surface area contributed by atoms with Crippen LogP contribution < -0.4 is 9.46 Å². The molecule has 1 aliphatic carbocycles. The minimum absolute atomic E-state index is 0.0248. The van der Waals surface area contributed by atoms with E-state index in [9.17, 15) is 22.0 Å². The smallest absolute Gasteiger partial charge is 0.303 e. The van der Waals surface area contributed by atoms with Crippen molar-refractivity contribution in [3.8, 4) is 5.75 Å². The summed E-state index contributed by atoms with van der Waals surface area (Å²) in [5.41, 5.74) is -0.627. The largest absolute Gasteiger partial charge is 0.497 e. The number of methoxy groups -OCH3 is 1. The van der Waals surface area contributed by atoms with Gasteiger partial charge >= 0.3 is 5.97 Å². The molecule has 1 aliphatic rings. The monoisotopic (exact) mass is 349 g/mol. The Labute approximate surface area is 132 Å². The van der Waals surface area contributed by atoms with Gasteiger partial charge in [-0.25, -0.2) is 21.9 Å². The van der Waals surface area contributed by atoms with Gasteiger partial charge in [0.25, 0.3) is 6.43 Å². The first kappa shape index (κ1) is 17.6. The van der Waals surface area contributed by atoms with Crippen molar-refractivity contribution < 1.29 is 31.8 Å². The molecule has 0 heterocycles. The molecule has 0 saturated heterocycles. The van der Waals surface area contributed by atoms with Gasteiger partial charge in [0.1, 0.15) is 5.75 Å². The van der Waals surface area contributed by atoms with Crippen LogP contribution in [0, 0.1) is 5.92 Å². The lowest BCUT2D eigenvalue weighted by molar-refractivity contribution is -0.138. The van der Waals surface area contributed by atoms with Crippen LogP contribution in [-0.2, 0) is 14.8 Å². The number of halogens is 2. The number of hydrogen-bond donors (Lipinski definition) is 2. The lowest BCUT2D eigenvalue weighted by Crippen LogP contribution is -2.44. The number of aliphatic carboxylic acids is 1. The molecule has 0 atom stereocenters. The van der Waals surface area contributed by atoms with Gasteiger partial charge in [0.2, 0.25) is 10.0 Å².